The summed E-state index contributed by atoms with van der Waals surface area (Å²) in [5.74, 6) is 1.84. The highest BCUT2D eigenvalue weighted by molar-refractivity contribution is 6.30. The molecule has 0 atom stereocenters. The van der Waals surface area contributed by atoms with E-state index in [1.807, 2.05) is 32.9 Å². The van der Waals surface area contributed by atoms with E-state index in [1.165, 1.54) is 0 Å². The van der Waals surface area contributed by atoms with Gasteiger partial charge in [-0.1, -0.05) is 11.6 Å². The summed E-state index contributed by atoms with van der Waals surface area (Å²) in [6, 6.07) is 5.54. The second-order valence-corrected chi connectivity index (χ2v) is 4.83. The number of benzene rings is 1. The average molecular weight is 278 g/mol. The van der Waals surface area contributed by atoms with E-state index in [2.05, 4.69) is 15.3 Å². The van der Waals surface area contributed by atoms with Gasteiger partial charge >= 0.3 is 0 Å². The average Bonchev–Trinajstić information content (AvgIpc) is 2.33. The number of aromatic nitrogens is 2. The molecule has 0 fully saturated rings. The van der Waals surface area contributed by atoms with E-state index in [0.29, 0.717) is 16.9 Å². The van der Waals surface area contributed by atoms with Crippen molar-refractivity contribution in [2.75, 3.05) is 12.4 Å². The van der Waals surface area contributed by atoms with E-state index in [9.17, 15) is 0 Å². The molecule has 4 nitrogen and oxygen atoms in total. The maximum atomic E-state index is 6.01. The van der Waals surface area contributed by atoms with Crippen LogP contribution in [0.15, 0.2) is 18.2 Å². The van der Waals surface area contributed by atoms with Gasteiger partial charge in [-0.05, 0) is 44.0 Å². The zero-order chi connectivity index (χ0) is 14.0. The maximum absolute atomic E-state index is 6.01. The van der Waals surface area contributed by atoms with Crippen LogP contribution in [-0.4, -0.2) is 17.0 Å². The van der Waals surface area contributed by atoms with Crippen LogP contribution in [0.25, 0.3) is 0 Å². The molecule has 19 heavy (non-hydrogen) atoms. The van der Waals surface area contributed by atoms with E-state index in [0.717, 1.165) is 22.6 Å². The number of hydrogen-bond acceptors (Lipinski definition) is 4. The van der Waals surface area contributed by atoms with Crippen molar-refractivity contribution in [2.45, 2.75) is 20.8 Å². The smallest absolute Gasteiger partial charge is 0.225 e. The van der Waals surface area contributed by atoms with Crippen LogP contribution >= 0.6 is 11.6 Å². The second kappa shape index (κ2) is 5.45. The minimum Gasteiger partial charge on any atom is -0.438 e. The highest BCUT2D eigenvalue weighted by Crippen LogP contribution is 2.30. The van der Waals surface area contributed by atoms with Gasteiger partial charge in [0.25, 0.3) is 0 Å². The van der Waals surface area contributed by atoms with Gasteiger partial charge in [0.05, 0.1) is 0 Å². The molecule has 0 saturated heterocycles. The molecule has 5 heteroatoms. The fourth-order valence-corrected chi connectivity index (χ4v) is 2.19. The molecule has 2 rings (SSSR count). The van der Waals surface area contributed by atoms with E-state index >= 15 is 0 Å². The molecular weight excluding hydrogens is 262 g/mol. The first kappa shape index (κ1) is 13.6. The van der Waals surface area contributed by atoms with Gasteiger partial charge in [0, 0.05) is 23.8 Å². The first-order chi connectivity index (χ1) is 8.99. The number of nitrogens with one attached hydrogen (secondary N) is 1. The third-order valence-electron chi connectivity index (χ3n) is 2.69. The maximum Gasteiger partial charge on any atom is 0.225 e. The summed E-state index contributed by atoms with van der Waals surface area (Å²) in [6.07, 6.45) is 0. The van der Waals surface area contributed by atoms with Crippen molar-refractivity contribution in [1.29, 1.82) is 0 Å². The highest BCUT2D eigenvalue weighted by Gasteiger charge is 2.09. The number of ether oxygens (including phenoxy) is 1. The van der Waals surface area contributed by atoms with Crippen LogP contribution in [0.5, 0.6) is 11.6 Å². The van der Waals surface area contributed by atoms with Gasteiger partial charge in [0.15, 0.2) is 0 Å². The van der Waals surface area contributed by atoms with Gasteiger partial charge in [0.2, 0.25) is 11.8 Å². The molecule has 0 bridgehead atoms. The predicted octanol–water partition coefficient (Wildman–Crippen LogP) is 3.89. The van der Waals surface area contributed by atoms with Crippen molar-refractivity contribution in [3.05, 3.63) is 40.0 Å². The molecule has 100 valence electrons. The third kappa shape index (κ3) is 3.15. The van der Waals surface area contributed by atoms with Crippen LogP contribution < -0.4 is 10.1 Å². The summed E-state index contributed by atoms with van der Waals surface area (Å²) in [5, 5.41) is 3.61. The molecule has 0 amide bonds. The van der Waals surface area contributed by atoms with E-state index in [4.69, 9.17) is 16.3 Å². The highest BCUT2D eigenvalue weighted by atomic mass is 35.5. The molecule has 1 aromatic carbocycles. The number of halogens is 1. The van der Waals surface area contributed by atoms with Crippen LogP contribution in [-0.2, 0) is 0 Å². The minimum atomic E-state index is 0.519. The minimum absolute atomic E-state index is 0.519. The molecule has 0 radical (unpaired) electrons. The van der Waals surface area contributed by atoms with Gasteiger partial charge in [-0.2, -0.15) is 4.98 Å². The lowest BCUT2D eigenvalue weighted by Crippen LogP contribution is -2.00. The van der Waals surface area contributed by atoms with Gasteiger partial charge in [-0.15, -0.1) is 0 Å². The monoisotopic (exact) mass is 277 g/mol. The Hall–Kier alpha value is -1.81. The fourth-order valence-electron chi connectivity index (χ4n) is 1.87. The Balaban J connectivity index is 2.39. The lowest BCUT2D eigenvalue weighted by molar-refractivity contribution is 0.455. The Morgan fingerprint density at radius 1 is 1.05 bits per heavy atom. The van der Waals surface area contributed by atoms with Crippen molar-refractivity contribution < 1.29 is 4.74 Å². The molecule has 1 aromatic heterocycles. The third-order valence-corrected chi connectivity index (χ3v) is 2.90. The number of rotatable bonds is 3. The normalized spacial score (nSPS) is 10.4. The van der Waals surface area contributed by atoms with Crippen molar-refractivity contribution in [2.24, 2.45) is 0 Å². The topological polar surface area (TPSA) is 47.0 Å². The van der Waals surface area contributed by atoms with Crippen LogP contribution in [0, 0.1) is 20.8 Å². The van der Waals surface area contributed by atoms with Gasteiger partial charge in [-0.3, -0.25) is 0 Å². The Labute approximate surface area is 117 Å². The first-order valence-electron chi connectivity index (χ1n) is 5.97. The number of hydrogen-bond donors (Lipinski definition) is 1. The SMILES string of the molecule is CNc1nc(C)cc(Oc2c(C)cc(Cl)cc2C)n1. The number of aryl methyl sites for hydroxylation is 3. The van der Waals surface area contributed by atoms with Crippen molar-refractivity contribution >= 4 is 17.5 Å². The number of anilines is 1. The summed E-state index contributed by atoms with van der Waals surface area (Å²) in [6.45, 7) is 5.82. The van der Waals surface area contributed by atoms with Gasteiger partial charge in [-0.25, -0.2) is 4.98 Å². The zero-order valence-electron chi connectivity index (χ0n) is 11.4. The first-order valence-corrected chi connectivity index (χ1v) is 6.35. The zero-order valence-corrected chi connectivity index (χ0v) is 12.2. The Morgan fingerprint density at radius 2 is 1.68 bits per heavy atom. The second-order valence-electron chi connectivity index (χ2n) is 4.39. The van der Waals surface area contributed by atoms with Crippen molar-refractivity contribution in [3.63, 3.8) is 0 Å². The molecule has 0 spiro atoms. The number of nitrogens with zero attached hydrogens (tertiary/aromatic N) is 2. The molecule has 0 unspecified atom stereocenters. The fraction of sp³-hybridized carbons (Fsp3) is 0.286. The molecule has 0 aliphatic rings. The molecule has 1 heterocycles. The molecule has 0 aliphatic heterocycles. The molecule has 0 saturated carbocycles. The lowest BCUT2D eigenvalue weighted by atomic mass is 10.1. The van der Waals surface area contributed by atoms with E-state index in [1.54, 1.807) is 13.1 Å². The summed E-state index contributed by atoms with van der Waals surface area (Å²) >= 11 is 6.01. The molecule has 0 aliphatic carbocycles. The van der Waals surface area contributed by atoms with Crippen LogP contribution in [0.2, 0.25) is 5.02 Å². The molecule has 1 N–H and O–H groups in total. The van der Waals surface area contributed by atoms with Crippen molar-refractivity contribution in [1.82, 2.24) is 9.97 Å². The summed E-state index contributed by atoms with van der Waals surface area (Å²) in [5.41, 5.74) is 2.80. The van der Waals surface area contributed by atoms with Crippen LogP contribution in [0.1, 0.15) is 16.8 Å². The Kier molecular flexibility index (Phi) is 3.90. The largest absolute Gasteiger partial charge is 0.438 e. The van der Waals surface area contributed by atoms with Gasteiger partial charge < -0.3 is 10.1 Å². The molecule has 2 aromatic rings. The predicted molar refractivity (Wildman–Crippen MR) is 77.3 cm³/mol. The molecular formula is C14H16ClN3O. The van der Waals surface area contributed by atoms with Gasteiger partial charge in [0.1, 0.15) is 5.75 Å². The lowest BCUT2D eigenvalue weighted by Gasteiger charge is -2.12. The summed E-state index contributed by atoms with van der Waals surface area (Å²) in [4.78, 5) is 8.50. The van der Waals surface area contributed by atoms with Crippen LogP contribution in [0.3, 0.4) is 0 Å². The standard InChI is InChI=1S/C14H16ClN3O/c1-8-5-11(15)6-9(2)13(8)19-12-7-10(3)17-14(16-4)18-12/h5-7H,1-4H3,(H,16,17,18). The Morgan fingerprint density at radius 3 is 2.26 bits per heavy atom. The van der Waals surface area contributed by atoms with E-state index in [-0.39, 0.29) is 0 Å². The van der Waals surface area contributed by atoms with E-state index < -0.39 is 0 Å². The van der Waals surface area contributed by atoms with Crippen molar-refractivity contribution in [3.8, 4) is 11.6 Å². The summed E-state index contributed by atoms with van der Waals surface area (Å²) in [7, 11) is 1.78. The van der Waals surface area contributed by atoms with Crippen LogP contribution in [0.4, 0.5) is 5.95 Å². The quantitative estimate of drug-likeness (QED) is 0.925. The summed E-state index contributed by atoms with van der Waals surface area (Å²) < 4.78 is 5.87. The Bertz CT molecular complexity index is 591.